The highest BCUT2D eigenvalue weighted by Gasteiger charge is 2.10. The van der Waals surface area contributed by atoms with Gasteiger partial charge in [0.1, 0.15) is 0 Å². The minimum absolute atomic E-state index is 0. The fourth-order valence-corrected chi connectivity index (χ4v) is 3.54. The average molecular weight is 462 g/mol. The molecule has 0 unspecified atom stereocenters. The van der Waals surface area contributed by atoms with Gasteiger partial charge in [0.05, 0.1) is 6.54 Å². The molecule has 1 heterocycles. The van der Waals surface area contributed by atoms with Crippen LogP contribution in [0.3, 0.4) is 0 Å². The van der Waals surface area contributed by atoms with Crippen molar-refractivity contribution in [1.29, 1.82) is 0 Å². The second-order valence-electron chi connectivity index (χ2n) is 5.95. The van der Waals surface area contributed by atoms with Gasteiger partial charge in [-0.2, -0.15) is 11.8 Å². The van der Waals surface area contributed by atoms with Crippen LogP contribution in [0.5, 0.6) is 0 Å². The predicted molar refractivity (Wildman–Crippen MR) is 119 cm³/mol. The van der Waals surface area contributed by atoms with Crippen LogP contribution in [0.15, 0.2) is 29.3 Å². The van der Waals surface area contributed by atoms with E-state index >= 15 is 0 Å². The van der Waals surface area contributed by atoms with Crippen molar-refractivity contribution in [3.63, 3.8) is 0 Å². The number of rotatable bonds is 8. The van der Waals surface area contributed by atoms with Crippen molar-refractivity contribution in [2.24, 2.45) is 10.7 Å². The van der Waals surface area contributed by atoms with Crippen LogP contribution in [0.25, 0.3) is 0 Å². The molecule has 1 saturated heterocycles. The number of halogens is 1. The summed E-state index contributed by atoms with van der Waals surface area (Å²) in [6.45, 7) is 6.08. The molecule has 1 fully saturated rings. The van der Waals surface area contributed by atoms with E-state index in [1.807, 2.05) is 11.8 Å². The van der Waals surface area contributed by atoms with Crippen molar-refractivity contribution in [2.45, 2.75) is 39.2 Å². The Hall–Kier alpha value is -0.630. The van der Waals surface area contributed by atoms with Gasteiger partial charge in [0, 0.05) is 36.8 Å². The molecule has 0 aromatic heterocycles. The summed E-state index contributed by atoms with van der Waals surface area (Å²) in [5.74, 6) is 3.01. The highest BCUT2D eigenvalue weighted by Crippen LogP contribution is 2.20. The summed E-state index contributed by atoms with van der Waals surface area (Å²) in [5.41, 5.74) is 8.44. The van der Waals surface area contributed by atoms with Crippen molar-refractivity contribution in [3.05, 3.63) is 29.8 Å². The van der Waals surface area contributed by atoms with Gasteiger partial charge in [-0.3, -0.25) is 0 Å². The number of aliphatic imine (C=N–C) groups is 1. The number of thioether (sulfide) groups is 1. The van der Waals surface area contributed by atoms with E-state index in [4.69, 9.17) is 5.73 Å². The first kappa shape index (κ1) is 21.4. The second-order valence-corrected chi connectivity index (χ2v) is 7.18. The number of nitrogens with two attached hydrogens (primary N) is 1. The summed E-state index contributed by atoms with van der Waals surface area (Å²) < 4.78 is 0. The van der Waals surface area contributed by atoms with E-state index in [0.717, 1.165) is 26.1 Å². The van der Waals surface area contributed by atoms with Crippen LogP contribution in [-0.2, 0) is 6.54 Å². The number of benzene rings is 1. The Bertz CT molecular complexity index is 472. The Morgan fingerprint density at radius 1 is 1.17 bits per heavy atom. The van der Waals surface area contributed by atoms with Gasteiger partial charge < -0.3 is 16.0 Å². The van der Waals surface area contributed by atoms with Crippen LogP contribution in [0.1, 0.15) is 38.2 Å². The number of unbranched alkanes of at least 4 members (excludes halogenated alkanes) is 3. The standard InChI is InChI=1S/C18H30N4S.HI/c1-2-3-4-5-10-20-18(19)21-15-16-6-8-17(9-7-16)22-11-13-23-14-12-22;/h6-9H,2-5,10-15H2,1H3,(H3,19,20,21);1H. The Morgan fingerprint density at radius 2 is 1.88 bits per heavy atom. The Labute approximate surface area is 168 Å². The van der Waals surface area contributed by atoms with E-state index in [1.54, 1.807) is 0 Å². The van der Waals surface area contributed by atoms with E-state index in [0.29, 0.717) is 12.5 Å². The summed E-state index contributed by atoms with van der Waals surface area (Å²) in [6.07, 6.45) is 4.97. The van der Waals surface area contributed by atoms with Gasteiger partial charge in [0.25, 0.3) is 0 Å². The fourth-order valence-electron chi connectivity index (χ4n) is 2.63. The molecule has 3 N–H and O–H groups in total. The molecule has 0 bridgehead atoms. The number of anilines is 1. The lowest BCUT2D eigenvalue weighted by molar-refractivity contribution is 0.652. The lowest BCUT2D eigenvalue weighted by atomic mass is 10.2. The zero-order chi connectivity index (χ0) is 16.3. The lowest BCUT2D eigenvalue weighted by Crippen LogP contribution is -2.32. The monoisotopic (exact) mass is 462 g/mol. The fraction of sp³-hybridized carbons (Fsp3) is 0.611. The van der Waals surface area contributed by atoms with Crippen LogP contribution in [0.4, 0.5) is 5.69 Å². The summed E-state index contributed by atoms with van der Waals surface area (Å²) in [6, 6.07) is 8.73. The topological polar surface area (TPSA) is 53.6 Å². The van der Waals surface area contributed by atoms with Crippen molar-refractivity contribution in [3.8, 4) is 0 Å². The summed E-state index contributed by atoms with van der Waals surface area (Å²) in [7, 11) is 0. The van der Waals surface area contributed by atoms with E-state index in [-0.39, 0.29) is 24.0 Å². The van der Waals surface area contributed by atoms with Crippen molar-refractivity contribution < 1.29 is 0 Å². The minimum Gasteiger partial charge on any atom is -0.370 e. The molecule has 4 nitrogen and oxygen atoms in total. The predicted octanol–water partition coefficient (Wildman–Crippen LogP) is 3.84. The van der Waals surface area contributed by atoms with Gasteiger partial charge in [-0.15, -0.1) is 24.0 Å². The van der Waals surface area contributed by atoms with Crippen molar-refractivity contribution >= 4 is 47.4 Å². The van der Waals surface area contributed by atoms with Crippen LogP contribution in [0, 0.1) is 0 Å². The quantitative estimate of drug-likeness (QED) is 0.267. The molecule has 0 saturated carbocycles. The molecule has 1 aliphatic heterocycles. The van der Waals surface area contributed by atoms with E-state index < -0.39 is 0 Å². The molecule has 136 valence electrons. The second kappa shape index (κ2) is 12.7. The molecule has 1 aromatic rings. The molecule has 0 aliphatic carbocycles. The molecular weight excluding hydrogens is 431 g/mol. The number of nitrogens with one attached hydrogen (secondary N) is 1. The van der Waals surface area contributed by atoms with Crippen molar-refractivity contribution in [1.82, 2.24) is 5.32 Å². The summed E-state index contributed by atoms with van der Waals surface area (Å²) >= 11 is 2.04. The number of hydrogen-bond donors (Lipinski definition) is 2. The first-order valence-corrected chi connectivity index (χ1v) is 9.90. The molecule has 24 heavy (non-hydrogen) atoms. The van der Waals surface area contributed by atoms with Crippen LogP contribution >= 0.6 is 35.7 Å². The maximum absolute atomic E-state index is 5.91. The zero-order valence-electron chi connectivity index (χ0n) is 14.7. The maximum atomic E-state index is 5.91. The summed E-state index contributed by atoms with van der Waals surface area (Å²) in [5, 5.41) is 3.19. The van der Waals surface area contributed by atoms with Gasteiger partial charge >= 0.3 is 0 Å². The average Bonchev–Trinajstić information content (AvgIpc) is 2.61. The van der Waals surface area contributed by atoms with Gasteiger partial charge in [-0.05, 0) is 24.1 Å². The molecule has 2 rings (SSSR count). The molecule has 6 heteroatoms. The number of hydrogen-bond acceptors (Lipinski definition) is 3. The Balaban J connectivity index is 0.00000288. The molecule has 0 atom stereocenters. The maximum Gasteiger partial charge on any atom is 0.188 e. The van der Waals surface area contributed by atoms with Crippen LogP contribution < -0.4 is 16.0 Å². The first-order chi connectivity index (χ1) is 11.3. The third kappa shape index (κ3) is 7.96. The summed E-state index contributed by atoms with van der Waals surface area (Å²) in [4.78, 5) is 6.87. The van der Waals surface area contributed by atoms with E-state index in [9.17, 15) is 0 Å². The normalized spacial score (nSPS) is 15.0. The smallest absolute Gasteiger partial charge is 0.188 e. The molecular formula is C18H31IN4S. The zero-order valence-corrected chi connectivity index (χ0v) is 17.8. The molecule has 1 aliphatic rings. The van der Waals surface area contributed by atoms with Gasteiger partial charge in [0.2, 0.25) is 0 Å². The van der Waals surface area contributed by atoms with Gasteiger partial charge in [0.15, 0.2) is 5.96 Å². The molecule has 0 radical (unpaired) electrons. The van der Waals surface area contributed by atoms with Gasteiger partial charge in [-0.25, -0.2) is 4.99 Å². The molecule has 0 spiro atoms. The number of guanidine groups is 1. The van der Waals surface area contributed by atoms with Crippen molar-refractivity contribution in [2.75, 3.05) is 36.0 Å². The number of nitrogens with zero attached hydrogens (tertiary/aromatic N) is 2. The van der Waals surface area contributed by atoms with Gasteiger partial charge in [-0.1, -0.05) is 38.3 Å². The third-order valence-corrected chi connectivity index (χ3v) is 5.02. The van der Waals surface area contributed by atoms with Crippen LogP contribution in [0.2, 0.25) is 0 Å². The van der Waals surface area contributed by atoms with E-state index in [1.165, 1.54) is 42.0 Å². The van der Waals surface area contributed by atoms with Crippen LogP contribution in [-0.4, -0.2) is 37.1 Å². The molecule has 0 amide bonds. The highest BCUT2D eigenvalue weighted by molar-refractivity contribution is 14.0. The third-order valence-electron chi connectivity index (χ3n) is 4.08. The Morgan fingerprint density at radius 3 is 2.54 bits per heavy atom. The van der Waals surface area contributed by atoms with E-state index in [2.05, 4.69) is 46.4 Å². The largest absolute Gasteiger partial charge is 0.370 e. The highest BCUT2D eigenvalue weighted by atomic mass is 127. The minimum atomic E-state index is 0. The Kier molecular flexibility index (Phi) is 11.3. The molecule has 1 aromatic carbocycles. The SMILES string of the molecule is CCCCCCNC(N)=NCc1ccc(N2CCSCC2)cc1.I. The first-order valence-electron chi connectivity index (χ1n) is 8.75. The lowest BCUT2D eigenvalue weighted by Gasteiger charge is -2.28.